The van der Waals surface area contributed by atoms with E-state index in [2.05, 4.69) is 20.9 Å². The van der Waals surface area contributed by atoms with Crippen molar-refractivity contribution < 1.29 is 9.90 Å². The highest BCUT2D eigenvalue weighted by Gasteiger charge is 2.06. The Morgan fingerprint density at radius 1 is 1.43 bits per heavy atom. The molecule has 0 aliphatic heterocycles. The van der Waals surface area contributed by atoms with Gasteiger partial charge in [-0.3, -0.25) is 0 Å². The third kappa shape index (κ3) is 1.48. The molecule has 0 aliphatic carbocycles. The number of pyridine rings is 1. The van der Waals surface area contributed by atoms with Gasteiger partial charge < -0.3 is 5.11 Å². The average Bonchev–Trinajstić information content (AvgIpc) is 2.18. The van der Waals surface area contributed by atoms with Crippen LogP contribution in [0.3, 0.4) is 0 Å². The molecule has 0 saturated heterocycles. The number of aromatic nitrogens is 1. The highest BCUT2D eigenvalue weighted by Crippen LogP contribution is 2.23. The number of carbonyl (C=O) groups is 1. The Labute approximate surface area is 88.5 Å². The van der Waals surface area contributed by atoms with Crippen LogP contribution in [0.5, 0.6) is 0 Å². The Hall–Kier alpha value is -1.42. The van der Waals surface area contributed by atoms with Crippen molar-refractivity contribution in [2.24, 2.45) is 0 Å². The van der Waals surface area contributed by atoms with E-state index in [4.69, 9.17) is 5.11 Å². The lowest BCUT2D eigenvalue weighted by Crippen LogP contribution is -1.99. The largest absolute Gasteiger partial charge is 0.477 e. The van der Waals surface area contributed by atoms with E-state index in [9.17, 15) is 4.79 Å². The lowest BCUT2D eigenvalue weighted by Gasteiger charge is -2.00. The van der Waals surface area contributed by atoms with Crippen LogP contribution >= 0.6 is 15.9 Å². The third-order valence-corrected chi connectivity index (χ3v) is 2.62. The van der Waals surface area contributed by atoms with Gasteiger partial charge in [-0.15, -0.1) is 0 Å². The summed E-state index contributed by atoms with van der Waals surface area (Å²) < 4.78 is 0.875. The highest BCUT2D eigenvalue weighted by molar-refractivity contribution is 9.10. The van der Waals surface area contributed by atoms with Gasteiger partial charge in [0.15, 0.2) is 0 Å². The summed E-state index contributed by atoms with van der Waals surface area (Å²) in [4.78, 5) is 14.5. The molecule has 0 atom stereocenters. The van der Waals surface area contributed by atoms with Crippen molar-refractivity contribution in [2.75, 3.05) is 0 Å². The molecule has 0 radical (unpaired) electrons. The number of hydrogen-bond acceptors (Lipinski definition) is 2. The zero-order valence-corrected chi connectivity index (χ0v) is 8.65. The molecule has 4 heteroatoms. The molecule has 2 aromatic rings. The number of carboxylic acid groups (broad SMARTS) is 1. The highest BCUT2D eigenvalue weighted by atomic mass is 79.9. The lowest BCUT2D eigenvalue weighted by molar-refractivity contribution is 0.0691. The summed E-state index contributed by atoms with van der Waals surface area (Å²) in [6, 6.07) is 7.20. The first-order valence-electron chi connectivity index (χ1n) is 3.96. The number of rotatable bonds is 1. The minimum atomic E-state index is -1.01. The average molecular weight is 252 g/mol. The van der Waals surface area contributed by atoms with Gasteiger partial charge in [0.25, 0.3) is 0 Å². The molecular weight excluding hydrogens is 246 g/mol. The molecule has 1 heterocycles. The Morgan fingerprint density at radius 2 is 2.21 bits per heavy atom. The van der Waals surface area contributed by atoms with Crippen LogP contribution in [0.1, 0.15) is 10.5 Å². The molecule has 0 unspecified atom stereocenters. The van der Waals surface area contributed by atoms with Crippen LogP contribution in [-0.2, 0) is 0 Å². The Morgan fingerprint density at radius 3 is 2.93 bits per heavy atom. The van der Waals surface area contributed by atoms with E-state index in [0.29, 0.717) is 0 Å². The Kier molecular flexibility index (Phi) is 2.21. The molecule has 0 aliphatic rings. The first kappa shape index (κ1) is 9.15. The fourth-order valence-electron chi connectivity index (χ4n) is 1.25. The van der Waals surface area contributed by atoms with Crippen LogP contribution < -0.4 is 0 Å². The fourth-order valence-corrected chi connectivity index (χ4v) is 1.74. The van der Waals surface area contributed by atoms with Crippen LogP contribution in [0, 0.1) is 0 Å². The van der Waals surface area contributed by atoms with Crippen LogP contribution in [0.2, 0.25) is 0 Å². The minimum Gasteiger partial charge on any atom is -0.477 e. The molecule has 14 heavy (non-hydrogen) atoms. The van der Waals surface area contributed by atoms with Gasteiger partial charge >= 0.3 is 5.97 Å². The maximum Gasteiger partial charge on any atom is 0.354 e. The molecule has 0 bridgehead atoms. The summed E-state index contributed by atoms with van der Waals surface area (Å²) in [6.07, 6.45) is 1.56. The maximum absolute atomic E-state index is 10.7. The molecule has 0 spiro atoms. The predicted molar refractivity (Wildman–Crippen MR) is 56.4 cm³/mol. The van der Waals surface area contributed by atoms with E-state index >= 15 is 0 Å². The molecule has 3 nitrogen and oxygen atoms in total. The van der Waals surface area contributed by atoms with Crippen molar-refractivity contribution >= 4 is 32.7 Å². The number of nitrogens with zero attached hydrogens (tertiary/aromatic N) is 1. The molecule has 1 aromatic heterocycles. The number of benzene rings is 1. The minimum absolute atomic E-state index is 0.0596. The first-order chi connectivity index (χ1) is 6.68. The summed E-state index contributed by atoms with van der Waals surface area (Å²) in [5.41, 5.74) is 0.0596. The van der Waals surface area contributed by atoms with E-state index < -0.39 is 5.97 Å². The smallest absolute Gasteiger partial charge is 0.354 e. The molecule has 0 saturated carbocycles. The van der Waals surface area contributed by atoms with Crippen molar-refractivity contribution in [1.82, 2.24) is 4.98 Å². The Balaban J connectivity index is 2.76. The van der Waals surface area contributed by atoms with Gasteiger partial charge in [0.05, 0.1) is 0 Å². The van der Waals surface area contributed by atoms with E-state index in [0.717, 1.165) is 15.2 Å². The van der Waals surface area contributed by atoms with E-state index in [-0.39, 0.29) is 5.69 Å². The van der Waals surface area contributed by atoms with Crippen LogP contribution in [0.25, 0.3) is 10.8 Å². The summed E-state index contributed by atoms with van der Waals surface area (Å²) in [6.45, 7) is 0. The fraction of sp³-hybridized carbons (Fsp3) is 0. The van der Waals surface area contributed by atoms with Crippen LogP contribution in [0.4, 0.5) is 0 Å². The Bertz CT molecular complexity index is 510. The van der Waals surface area contributed by atoms with Crippen molar-refractivity contribution in [3.8, 4) is 0 Å². The second-order valence-corrected chi connectivity index (χ2v) is 3.69. The maximum atomic E-state index is 10.7. The molecule has 70 valence electrons. The number of carboxylic acids is 1. The summed E-state index contributed by atoms with van der Waals surface area (Å²) in [5.74, 6) is -1.01. The van der Waals surface area contributed by atoms with Gasteiger partial charge in [-0.05, 0) is 17.5 Å². The van der Waals surface area contributed by atoms with E-state index in [1.807, 2.05) is 18.2 Å². The second kappa shape index (κ2) is 3.38. The van der Waals surface area contributed by atoms with Crippen LogP contribution in [-0.4, -0.2) is 16.1 Å². The molecule has 1 N–H and O–H groups in total. The van der Waals surface area contributed by atoms with Gasteiger partial charge in [-0.2, -0.15) is 0 Å². The molecule has 2 rings (SSSR count). The van der Waals surface area contributed by atoms with Crippen LogP contribution in [0.15, 0.2) is 34.9 Å². The zero-order valence-electron chi connectivity index (χ0n) is 7.07. The standard InChI is InChI=1S/C10H6BrNO2/c11-8-3-1-2-6-5-12-9(10(13)14)4-7(6)8/h1-5H,(H,13,14). The number of aromatic carboxylic acids is 1. The number of fused-ring (bicyclic) bond motifs is 1. The normalized spacial score (nSPS) is 10.4. The predicted octanol–water partition coefficient (Wildman–Crippen LogP) is 2.70. The third-order valence-electron chi connectivity index (χ3n) is 1.93. The van der Waals surface area contributed by atoms with E-state index in [1.165, 1.54) is 0 Å². The lowest BCUT2D eigenvalue weighted by atomic mass is 10.1. The SMILES string of the molecule is O=C(O)c1cc2c(Br)cccc2cn1. The summed E-state index contributed by atoms with van der Waals surface area (Å²) in [5, 5.41) is 10.5. The summed E-state index contributed by atoms with van der Waals surface area (Å²) >= 11 is 3.36. The summed E-state index contributed by atoms with van der Waals surface area (Å²) in [7, 11) is 0. The quantitative estimate of drug-likeness (QED) is 0.848. The van der Waals surface area contributed by atoms with Gasteiger partial charge in [0.2, 0.25) is 0 Å². The van der Waals surface area contributed by atoms with Gasteiger partial charge in [-0.1, -0.05) is 28.1 Å². The van der Waals surface area contributed by atoms with E-state index in [1.54, 1.807) is 12.3 Å². The molecule has 1 aromatic carbocycles. The van der Waals surface area contributed by atoms with Gasteiger partial charge in [0.1, 0.15) is 5.69 Å². The van der Waals surface area contributed by atoms with Crippen molar-refractivity contribution in [1.29, 1.82) is 0 Å². The number of hydrogen-bond donors (Lipinski definition) is 1. The molecule has 0 fully saturated rings. The first-order valence-corrected chi connectivity index (χ1v) is 4.75. The molecular formula is C10H6BrNO2. The molecule has 0 amide bonds. The van der Waals surface area contributed by atoms with Crippen molar-refractivity contribution in [3.05, 3.63) is 40.6 Å². The number of halogens is 1. The van der Waals surface area contributed by atoms with Crippen molar-refractivity contribution in [2.45, 2.75) is 0 Å². The second-order valence-electron chi connectivity index (χ2n) is 2.84. The van der Waals surface area contributed by atoms with Gasteiger partial charge in [0, 0.05) is 16.1 Å². The monoisotopic (exact) mass is 251 g/mol. The topological polar surface area (TPSA) is 50.2 Å². The van der Waals surface area contributed by atoms with Crippen molar-refractivity contribution in [3.63, 3.8) is 0 Å². The van der Waals surface area contributed by atoms with Gasteiger partial charge in [-0.25, -0.2) is 9.78 Å². The zero-order chi connectivity index (χ0) is 10.1.